The number of rotatable bonds is 6. The number of ether oxygens (including phenoxy) is 2. The van der Waals surface area contributed by atoms with Crippen molar-refractivity contribution < 1.29 is 24.0 Å². The van der Waals surface area contributed by atoms with Crippen molar-refractivity contribution in [1.82, 2.24) is 10.6 Å². The highest BCUT2D eigenvalue weighted by molar-refractivity contribution is 5.94. The van der Waals surface area contributed by atoms with Crippen molar-refractivity contribution in [1.29, 1.82) is 0 Å². The molecule has 7 heteroatoms. The molecule has 1 unspecified atom stereocenters. The van der Waals surface area contributed by atoms with E-state index in [-0.39, 0.29) is 19.2 Å². The summed E-state index contributed by atoms with van der Waals surface area (Å²) in [6, 6.07) is 5.29. The van der Waals surface area contributed by atoms with Crippen molar-refractivity contribution in [3.8, 4) is 11.5 Å². The molecule has 1 atom stereocenters. The topological polar surface area (TPSA) is 81.1 Å². The van der Waals surface area contributed by atoms with Gasteiger partial charge in [0.05, 0.1) is 7.05 Å². The van der Waals surface area contributed by atoms with Crippen LogP contribution in [0.3, 0.4) is 0 Å². The van der Waals surface area contributed by atoms with Crippen molar-refractivity contribution in [2.24, 2.45) is 5.92 Å². The average Bonchev–Trinajstić information content (AvgIpc) is 2.92. The fourth-order valence-electron chi connectivity index (χ4n) is 2.25. The van der Waals surface area contributed by atoms with Gasteiger partial charge in [-0.25, -0.2) is 4.79 Å². The van der Waals surface area contributed by atoms with Crippen LogP contribution in [0.1, 0.15) is 19.4 Å². The van der Waals surface area contributed by atoms with Gasteiger partial charge in [-0.2, -0.15) is 0 Å². The Hall–Kier alpha value is -2.28. The summed E-state index contributed by atoms with van der Waals surface area (Å²) >= 11 is 0. The summed E-state index contributed by atoms with van der Waals surface area (Å²) in [5.41, 5.74) is 1.05. The Morgan fingerprint density at radius 2 is 2.00 bits per heavy atom. The van der Waals surface area contributed by atoms with Gasteiger partial charge in [-0.3, -0.25) is 10.1 Å². The van der Waals surface area contributed by atoms with E-state index >= 15 is 0 Å². The lowest BCUT2D eigenvalue weighted by Crippen LogP contribution is -3.09. The third kappa shape index (κ3) is 5.45. The fourth-order valence-corrected chi connectivity index (χ4v) is 2.25. The largest absolute Gasteiger partial charge is 0.454 e. The minimum atomic E-state index is -0.445. The van der Waals surface area contributed by atoms with Gasteiger partial charge in [0.15, 0.2) is 18.0 Å². The first-order valence-electron chi connectivity index (χ1n) is 7.71. The molecule has 1 aliphatic rings. The van der Waals surface area contributed by atoms with Crippen LogP contribution >= 0.6 is 0 Å². The second-order valence-corrected chi connectivity index (χ2v) is 6.15. The molecule has 7 nitrogen and oxygen atoms in total. The van der Waals surface area contributed by atoms with E-state index in [2.05, 4.69) is 10.6 Å². The summed E-state index contributed by atoms with van der Waals surface area (Å²) in [6.07, 6.45) is 0. The standard InChI is InChI=1S/C16H23N3O4/c1-11(2)7-17-16(21)18-15(20)9-19(3)8-12-4-5-13-14(6-12)23-10-22-13/h4-6,11H,7-10H2,1-3H3,(H2,17,18,20,21)/p+1. The maximum Gasteiger partial charge on any atom is 0.321 e. The third-order valence-corrected chi connectivity index (χ3v) is 3.33. The minimum absolute atomic E-state index is 0.212. The highest BCUT2D eigenvalue weighted by Crippen LogP contribution is 2.32. The molecule has 0 saturated heterocycles. The number of carbonyl (C=O) groups excluding carboxylic acids is 2. The second-order valence-electron chi connectivity index (χ2n) is 6.15. The number of urea groups is 1. The number of hydrogen-bond acceptors (Lipinski definition) is 4. The summed E-state index contributed by atoms with van der Waals surface area (Å²) in [5.74, 6) is 1.51. The maximum absolute atomic E-state index is 11.8. The molecule has 23 heavy (non-hydrogen) atoms. The van der Waals surface area contributed by atoms with Crippen molar-refractivity contribution in [3.05, 3.63) is 23.8 Å². The minimum Gasteiger partial charge on any atom is -0.454 e. The van der Waals surface area contributed by atoms with Gasteiger partial charge in [0.1, 0.15) is 6.54 Å². The van der Waals surface area contributed by atoms with Crippen LogP contribution in [0.2, 0.25) is 0 Å². The second kappa shape index (κ2) is 7.82. The highest BCUT2D eigenvalue weighted by Gasteiger charge is 2.17. The number of likely N-dealkylation sites (N-methyl/N-ethyl adjacent to an activating group) is 1. The Morgan fingerprint density at radius 3 is 2.74 bits per heavy atom. The highest BCUT2D eigenvalue weighted by atomic mass is 16.7. The number of imide groups is 1. The van der Waals surface area contributed by atoms with Gasteiger partial charge in [-0.15, -0.1) is 0 Å². The zero-order chi connectivity index (χ0) is 16.8. The summed E-state index contributed by atoms with van der Waals surface area (Å²) < 4.78 is 10.6. The third-order valence-electron chi connectivity index (χ3n) is 3.33. The molecule has 1 aromatic rings. The molecule has 0 radical (unpaired) electrons. The van der Waals surface area contributed by atoms with Gasteiger partial charge in [0, 0.05) is 12.1 Å². The van der Waals surface area contributed by atoms with Crippen LogP contribution in [0.15, 0.2) is 18.2 Å². The van der Waals surface area contributed by atoms with E-state index < -0.39 is 6.03 Å². The number of quaternary nitrogens is 1. The predicted molar refractivity (Wildman–Crippen MR) is 84.4 cm³/mol. The van der Waals surface area contributed by atoms with Crippen LogP contribution in [0.25, 0.3) is 0 Å². The fraction of sp³-hybridized carbons (Fsp3) is 0.500. The van der Waals surface area contributed by atoms with Crippen LogP contribution in [0.4, 0.5) is 4.79 Å². The summed E-state index contributed by atoms with van der Waals surface area (Å²) in [6.45, 7) is 5.63. The van der Waals surface area contributed by atoms with Crippen LogP contribution in [-0.2, 0) is 11.3 Å². The van der Waals surface area contributed by atoms with E-state index in [1.165, 1.54) is 0 Å². The first-order chi connectivity index (χ1) is 10.9. The molecule has 3 amide bonds. The monoisotopic (exact) mass is 322 g/mol. The molecule has 126 valence electrons. The van der Waals surface area contributed by atoms with Crippen molar-refractivity contribution in [3.63, 3.8) is 0 Å². The van der Waals surface area contributed by atoms with Gasteiger partial charge in [0.25, 0.3) is 5.91 Å². The lowest BCUT2D eigenvalue weighted by molar-refractivity contribution is -0.885. The van der Waals surface area contributed by atoms with Crippen LogP contribution in [0, 0.1) is 5.92 Å². The number of nitrogens with one attached hydrogen (secondary N) is 3. The number of amides is 3. The Bertz CT molecular complexity index is 574. The summed E-state index contributed by atoms with van der Waals surface area (Å²) in [4.78, 5) is 24.4. The van der Waals surface area contributed by atoms with E-state index in [9.17, 15) is 9.59 Å². The molecular weight excluding hydrogens is 298 g/mol. The summed E-state index contributed by atoms with van der Waals surface area (Å²) in [5, 5.41) is 4.99. The molecule has 1 aliphatic heterocycles. The molecule has 1 aromatic carbocycles. The number of benzene rings is 1. The molecular formula is C16H24N3O4+. The summed E-state index contributed by atoms with van der Waals surface area (Å²) in [7, 11) is 1.90. The van der Waals surface area contributed by atoms with E-state index in [1.807, 2.05) is 39.1 Å². The van der Waals surface area contributed by atoms with Gasteiger partial charge >= 0.3 is 6.03 Å². The van der Waals surface area contributed by atoms with Gasteiger partial charge in [0.2, 0.25) is 6.79 Å². The number of hydrogen-bond donors (Lipinski definition) is 3. The smallest absolute Gasteiger partial charge is 0.321 e. The normalized spacial score (nSPS) is 13.7. The first-order valence-corrected chi connectivity index (χ1v) is 7.71. The van der Waals surface area contributed by atoms with E-state index in [1.54, 1.807) is 0 Å². The molecule has 1 heterocycles. The maximum atomic E-state index is 11.8. The average molecular weight is 322 g/mol. The van der Waals surface area contributed by atoms with Gasteiger partial charge in [-0.1, -0.05) is 13.8 Å². The molecule has 0 bridgehead atoms. The van der Waals surface area contributed by atoms with Crippen LogP contribution < -0.4 is 25.0 Å². The zero-order valence-corrected chi connectivity index (χ0v) is 13.8. The lowest BCUT2D eigenvalue weighted by atomic mass is 10.2. The van der Waals surface area contributed by atoms with Crippen molar-refractivity contribution in [2.75, 3.05) is 26.9 Å². The van der Waals surface area contributed by atoms with Gasteiger partial charge < -0.3 is 19.7 Å². The van der Waals surface area contributed by atoms with E-state index in [0.29, 0.717) is 19.0 Å². The SMILES string of the molecule is CC(C)CNC(=O)NC(=O)C[NH+](C)Cc1ccc2c(c1)OCO2. The first kappa shape index (κ1) is 17.1. The van der Waals surface area contributed by atoms with Gasteiger partial charge in [-0.05, 0) is 24.1 Å². The lowest BCUT2D eigenvalue weighted by Gasteiger charge is -2.14. The molecule has 0 aromatic heterocycles. The van der Waals surface area contributed by atoms with E-state index in [4.69, 9.17) is 9.47 Å². The Labute approximate surface area is 135 Å². The number of fused-ring (bicyclic) bond motifs is 1. The molecule has 0 saturated carbocycles. The predicted octanol–water partition coefficient (Wildman–Crippen LogP) is -0.0882. The Balaban J connectivity index is 1.76. The van der Waals surface area contributed by atoms with Crippen LogP contribution in [0.5, 0.6) is 11.5 Å². The number of carbonyl (C=O) groups is 2. The van der Waals surface area contributed by atoms with E-state index in [0.717, 1.165) is 22.0 Å². The van der Waals surface area contributed by atoms with Crippen molar-refractivity contribution in [2.45, 2.75) is 20.4 Å². The molecule has 3 N–H and O–H groups in total. The Kier molecular flexibility index (Phi) is 5.81. The molecule has 0 fully saturated rings. The quantitative estimate of drug-likeness (QED) is 0.684. The van der Waals surface area contributed by atoms with Crippen LogP contribution in [-0.4, -0.2) is 38.9 Å². The molecule has 0 spiro atoms. The Morgan fingerprint density at radius 1 is 1.26 bits per heavy atom. The molecule has 0 aliphatic carbocycles. The van der Waals surface area contributed by atoms with Crippen molar-refractivity contribution >= 4 is 11.9 Å². The zero-order valence-electron chi connectivity index (χ0n) is 13.8. The molecule has 2 rings (SSSR count).